The molecule has 25 heavy (non-hydrogen) atoms. The first kappa shape index (κ1) is 17.4. The number of aliphatic hydroxyl groups is 1. The normalized spacial score (nSPS) is 20.2. The van der Waals surface area contributed by atoms with Gasteiger partial charge in [0.15, 0.2) is 11.4 Å². The van der Waals surface area contributed by atoms with E-state index < -0.39 is 5.60 Å². The summed E-state index contributed by atoms with van der Waals surface area (Å²) in [5.41, 5.74) is 0.313. The van der Waals surface area contributed by atoms with Crippen LogP contribution in [0, 0.1) is 13.8 Å². The number of carbonyl (C=O) groups is 1. The van der Waals surface area contributed by atoms with Crippen LogP contribution in [0.2, 0.25) is 0 Å². The Labute approximate surface area is 146 Å². The van der Waals surface area contributed by atoms with Crippen molar-refractivity contribution in [2.24, 2.45) is 0 Å². The molecule has 0 unspecified atom stereocenters. The molecule has 0 saturated carbocycles. The van der Waals surface area contributed by atoms with E-state index in [4.69, 9.17) is 4.52 Å². The molecule has 1 fully saturated rings. The summed E-state index contributed by atoms with van der Waals surface area (Å²) >= 11 is 0. The van der Waals surface area contributed by atoms with E-state index in [-0.39, 0.29) is 18.5 Å². The number of rotatable bonds is 5. The van der Waals surface area contributed by atoms with Crippen molar-refractivity contribution in [2.75, 3.05) is 18.4 Å². The fourth-order valence-corrected chi connectivity index (χ4v) is 2.92. The van der Waals surface area contributed by atoms with Gasteiger partial charge in [0.2, 0.25) is 0 Å². The van der Waals surface area contributed by atoms with Gasteiger partial charge in [-0.05, 0) is 20.3 Å². The highest BCUT2D eigenvalue weighted by molar-refractivity contribution is 5.90. The van der Waals surface area contributed by atoms with Crippen LogP contribution < -0.4 is 5.32 Å². The van der Waals surface area contributed by atoms with Crippen LogP contribution in [0.4, 0.5) is 10.5 Å². The van der Waals surface area contributed by atoms with Crippen molar-refractivity contribution in [3.63, 3.8) is 0 Å². The van der Waals surface area contributed by atoms with Gasteiger partial charge >= 0.3 is 6.03 Å². The second-order valence-electron chi connectivity index (χ2n) is 6.50. The van der Waals surface area contributed by atoms with Crippen molar-refractivity contribution in [1.82, 2.24) is 24.8 Å². The van der Waals surface area contributed by atoms with E-state index in [2.05, 4.69) is 27.5 Å². The fraction of sp³-hybridized carbons (Fsp3) is 0.625. The van der Waals surface area contributed by atoms with Crippen molar-refractivity contribution in [2.45, 2.75) is 52.2 Å². The first-order chi connectivity index (χ1) is 11.9. The number of β-amino-alcohol motifs (C(OH)–C–C–N with tert-alkyl or cyclic N) is 1. The van der Waals surface area contributed by atoms with Crippen LogP contribution in [-0.4, -0.2) is 49.0 Å². The summed E-state index contributed by atoms with van der Waals surface area (Å²) in [4.78, 5) is 18.1. The molecule has 0 aliphatic carbocycles. The third-order valence-corrected chi connectivity index (χ3v) is 4.53. The van der Waals surface area contributed by atoms with Crippen molar-refractivity contribution in [3.8, 4) is 0 Å². The maximum atomic E-state index is 12.5. The third-order valence-electron chi connectivity index (χ3n) is 4.53. The lowest BCUT2D eigenvalue weighted by molar-refractivity contribution is 0.0171. The van der Waals surface area contributed by atoms with Gasteiger partial charge in [0, 0.05) is 19.5 Å². The summed E-state index contributed by atoms with van der Waals surface area (Å²) in [5.74, 6) is 0.616. The van der Waals surface area contributed by atoms with Crippen LogP contribution in [0.5, 0.6) is 0 Å². The highest BCUT2D eigenvalue weighted by Crippen LogP contribution is 2.31. The van der Waals surface area contributed by atoms with Gasteiger partial charge in [-0.15, -0.1) is 0 Å². The number of hydrogen-bond donors (Lipinski definition) is 2. The fourth-order valence-electron chi connectivity index (χ4n) is 2.92. The van der Waals surface area contributed by atoms with E-state index in [1.807, 2.05) is 11.6 Å². The molecule has 2 aromatic rings. The number of nitrogens with zero attached hydrogens (tertiary/aromatic N) is 5. The van der Waals surface area contributed by atoms with E-state index in [9.17, 15) is 9.90 Å². The number of hydrogen-bond acceptors (Lipinski definition) is 6. The summed E-state index contributed by atoms with van der Waals surface area (Å²) < 4.78 is 6.96. The molecule has 3 heterocycles. The Balaban J connectivity index is 1.64. The lowest BCUT2D eigenvalue weighted by Gasteiger charge is -2.20. The quantitative estimate of drug-likeness (QED) is 0.853. The largest absolute Gasteiger partial charge is 0.378 e. The number of aryl methyl sites for hydroxylation is 2. The van der Waals surface area contributed by atoms with E-state index in [1.54, 1.807) is 18.0 Å². The topological polar surface area (TPSA) is 109 Å². The summed E-state index contributed by atoms with van der Waals surface area (Å²) in [6, 6.07) is -0.273. The number of likely N-dealkylation sites (tertiary alicyclic amines) is 1. The van der Waals surface area contributed by atoms with Crippen molar-refractivity contribution in [3.05, 3.63) is 23.6 Å². The van der Waals surface area contributed by atoms with Gasteiger partial charge in [0.25, 0.3) is 5.89 Å². The summed E-state index contributed by atoms with van der Waals surface area (Å²) in [6.07, 6.45) is 4.14. The minimum atomic E-state index is -1.29. The zero-order valence-corrected chi connectivity index (χ0v) is 14.8. The van der Waals surface area contributed by atoms with Gasteiger partial charge in [-0.2, -0.15) is 10.1 Å². The number of unbranched alkanes of at least 4 members (excludes halogenated alkanes) is 1. The average molecular weight is 348 g/mol. The van der Waals surface area contributed by atoms with Crippen molar-refractivity contribution < 1.29 is 14.4 Å². The number of amides is 2. The predicted molar refractivity (Wildman–Crippen MR) is 90.0 cm³/mol. The lowest BCUT2D eigenvalue weighted by atomic mass is 10.0. The molecular weight excluding hydrogens is 324 g/mol. The average Bonchev–Trinajstić information content (AvgIpc) is 3.27. The first-order valence-corrected chi connectivity index (χ1v) is 8.54. The Bertz CT molecular complexity index is 755. The molecular formula is C16H24N6O3. The Morgan fingerprint density at radius 2 is 2.28 bits per heavy atom. The second-order valence-corrected chi connectivity index (χ2v) is 6.50. The van der Waals surface area contributed by atoms with E-state index in [1.165, 1.54) is 0 Å². The summed E-state index contributed by atoms with van der Waals surface area (Å²) in [7, 11) is 0. The standard InChI is InChI=1S/C16H24N6O3/c1-4-5-7-22-11(2)13(9-17-22)19-15(23)21-8-6-16(24,10-21)14-18-12(3)20-25-14/h9,24H,4-8,10H2,1-3H3,(H,19,23)/t16-/m0/s1. The molecule has 1 saturated heterocycles. The van der Waals surface area contributed by atoms with Crippen LogP contribution in [0.1, 0.15) is 43.6 Å². The molecule has 2 N–H and O–H groups in total. The zero-order valence-electron chi connectivity index (χ0n) is 14.8. The molecule has 0 bridgehead atoms. The number of anilines is 1. The number of nitrogens with one attached hydrogen (secondary N) is 1. The van der Waals surface area contributed by atoms with E-state index >= 15 is 0 Å². The molecule has 2 amide bonds. The number of carbonyl (C=O) groups excluding carboxylic acids is 1. The lowest BCUT2D eigenvalue weighted by Crippen LogP contribution is -2.37. The Morgan fingerprint density at radius 3 is 2.96 bits per heavy atom. The minimum absolute atomic E-state index is 0.115. The molecule has 1 aliphatic heterocycles. The Kier molecular flexibility index (Phi) is 4.76. The highest BCUT2D eigenvalue weighted by atomic mass is 16.5. The number of aromatic nitrogens is 4. The predicted octanol–water partition coefficient (Wildman–Crippen LogP) is 1.81. The van der Waals surface area contributed by atoms with Crippen molar-refractivity contribution in [1.29, 1.82) is 0 Å². The maximum absolute atomic E-state index is 12.5. The molecule has 2 aromatic heterocycles. The highest BCUT2D eigenvalue weighted by Gasteiger charge is 2.44. The van der Waals surface area contributed by atoms with E-state index in [0.29, 0.717) is 24.5 Å². The van der Waals surface area contributed by atoms with Gasteiger partial charge in [0.1, 0.15) is 0 Å². The molecule has 1 atom stereocenters. The smallest absolute Gasteiger partial charge is 0.322 e. The zero-order chi connectivity index (χ0) is 18.0. The molecule has 0 radical (unpaired) electrons. The van der Waals surface area contributed by atoms with Gasteiger partial charge in [-0.3, -0.25) is 4.68 Å². The van der Waals surface area contributed by atoms with Crippen LogP contribution in [0.3, 0.4) is 0 Å². The number of urea groups is 1. The Morgan fingerprint density at radius 1 is 1.48 bits per heavy atom. The molecule has 1 aliphatic rings. The van der Waals surface area contributed by atoms with Crippen molar-refractivity contribution >= 4 is 11.7 Å². The molecule has 9 heteroatoms. The van der Waals surface area contributed by atoms with Gasteiger partial charge < -0.3 is 19.8 Å². The van der Waals surface area contributed by atoms with Gasteiger partial charge in [0.05, 0.1) is 24.1 Å². The van der Waals surface area contributed by atoms with Crippen LogP contribution in [0.15, 0.2) is 10.7 Å². The first-order valence-electron chi connectivity index (χ1n) is 8.54. The molecule has 9 nitrogen and oxygen atoms in total. The summed E-state index contributed by atoms with van der Waals surface area (Å²) in [5, 5.41) is 21.6. The SMILES string of the molecule is CCCCn1ncc(NC(=O)N2CC[C@@](O)(c3nc(C)no3)C2)c1C. The molecule has 0 aromatic carbocycles. The molecule has 3 rings (SSSR count). The molecule has 136 valence electrons. The van der Waals surface area contributed by atoms with E-state index in [0.717, 1.165) is 25.1 Å². The Hall–Kier alpha value is -2.42. The minimum Gasteiger partial charge on any atom is -0.378 e. The molecule has 0 spiro atoms. The van der Waals surface area contributed by atoms with Crippen LogP contribution in [-0.2, 0) is 12.1 Å². The monoisotopic (exact) mass is 348 g/mol. The third kappa shape index (κ3) is 3.51. The summed E-state index contributed by atoms with van der Waals surface area (Å²) in [6.45, 7) is 7.10. The second kappa shape index (κ2) is 6.83. The van der Waals surface area contributed by atoms with Gasteiger partial charge in [-0.25, -0.2) is 4.79 Å². The maximum Gasteiger partial charge on any atom is 0.322 e. The van der Waals surface area contributed by atoms with Crippen LogP contribution >= 0.6 is 0 Å². The van der Waals surface area contributed by atoms with Crippen LogP contribution in [0.25, 0.3) is 0 Å². The van der Waals surface area contributed by atoms with Gasteiger partial charge in [-0.1, -0.05) is 18.5 Å².